The Kier molecular flexibility index (Phi) is 13.8. The molecule has 8 aromatic heterocycles. The average molecular weight is 1010 g/mol. The Labute approximate surface area is 431 Å². The van der Waals surface area contributed by atoms with E-state index in [2.05, 4.69) is 102 Å². The Morgan fingerprint density at radius 1 is 0.653 bits per heavy atom. The van der Waals surface area contributed by atoms with Crippen LogP contribution in [0.15, 0.2) is 134 Å². The summed E-state index contributed by atoms with van der Waals surface area (Å²) in [5, 5.41) is 24.0. The molecule has 2 aliphatic rings. The van der Waals surface area contributed by atoms with Gasteiger partial charge >= 0.3 is 5.97 Å². The SMILES string of the molecule is CC(C)n1cc(-c2cc(N(C)Cc3ccccc3)c3ncc(C(=O)N[C@@H]4C[C@@H]4F)n3n2)c2cccnc21.CC(C)n1cc(-c2cc(N(C)Cc3ccccc3)c3ncc(C(=O)O)n3n2)c2cccnc21.N[C@H]1C[C@H]1F. The first kappa shape index (κ1) is 50.0. The van der Waals surface area contributed by atoms with Crippen molar-refractivity contribution in [1.82, 2.24) is 53.6 Å². The van der Waals surface area contributed by atoms with E-state index in [9.17, 15) is 23.5 Å². The summed E-state index contributed by atoms with van der Waals surface area (Å²) in [6.07, 6.45) is 9.79. The zero-order valence-electron chi connectivity index (χ0n) is 42.5. The molecule has 1 amide bonds. The van der Waals surface area contributed by atoms with E-state index in [0.717, 1.165) is 55.7 Å². The predicted molar refractivity (Wildman–Crippen MR) is 287 cm³/mol. The van der Waals surface area contributed by atoms with Gasteiger partial charge in [0.15, 0.2) is 22.7 Å². The van der Waals surface area contributed by atoms with E-state index < -0.39 is 24.4 Å². The lowest BCUT2D eigenvalue weighted by atomic mass is 10.1. The van der Waals surface area contributed by atoms with Gasteiger partial charge in [-0.25, -0.2) is 42.5 Å². The highest BCUT2D eigenvalue weighted by Crippen LogP contribution is 2.36. The minimum absolute atomic E-state index is 0.0203. The predicted octanol–water partition coefficient (Wildman–Crippen LogP) is 9.52. The lowest BCUT2D eigenvalue weighted by Gasteiger charge is -2.21. The molecule has 19 heteroatoms. The molecule has 75 heavy (non-hydrogen) atoms. The van der Waals surface area contributed by atoms with Crippen LogP contribution < -0.4 is 20.9 Å². The van der Waals surface area contributed by atoms with Gasteiger partial charge in [-0.2, -0.15) is 10.2 Å². The number of halogens is 2. The number of aromatic nitrogens is 10. The number of carboxylic acids is 1. The zero-order chi connectivity index (χ0) is 52.7. The minimum atomic E-state index is -1.07. The number of nitrogens with zero attached hydrogens (tertiary/aromatic N) is 12. The van der Waals surface area contributed by atoms with Crippen LogP contribution in [-0.4, -0.2) is 104 Å². The number of carboxylic acid groups (broad SMARTS) is 1. The van der Waals surface area contributed by atoms with Gasteiger partial charge in [0.1, 0.15) is 23.6 Å². The molecule has 0 aliphatic heterocycles. The third kappa shape index (κ3) is 10.4. The summed E-state index contributed by atoms with van der Waals surface area (Å²) in [5.41, 5.74) is 15.2. The number of hydrogen-bond acceptors (Lipinski definition) is 11. The van der Waals surface area contributed by atoms with Crippen LogP contribution in [0, 0.1) is 0 Å². The van der Waals surface area contributed by atoms with Crippen LogP contribution in [-0.2, 0) is 13.1 Å². The number of aromatic carboxylic acids is 1. The zero-order valence-corrected chi connectivity index (χ0v) is 42.5. The van der Waals surface area contributed by atoms with Crippen LogP contribution in [0.25, 0.3) is 55.9 Å². The van der Waals surface area contributed by atoms with E-state index in [-0.39, 0.29) is 35.4 Å². The number of carbonyl (C=O) groups excluding carboxylic acids is 1. The highest BCUT2D eigenvalue weighted by molar-refractivity contribution is 5.97. The van der Waals surface area contributed by atoms with E-state index in [1.165, 1.54) is 16.9 Å². The van der Waals surface area contributed by atoms with Crippen molar-refractivity contribution in [3.05, 3.63) is 157 Å². The van der Waals surface area contributed by atoms with Crippen LogP contribution in [0.3, 0.4) is 0 Å². The van der Waals surface area contributed by atoms with E-state index in [1.807, 2.05) is 93.1 Å². The fraction of sp³-hybridized carbons (Fsp3) is 0.286. The first-order valence-electron chi connectivity index (χ1n) is 24.9. The second-order valence-electron chi connectivity index (χ2n) is 19.7. The van der Waals surface area contributed by atoms with Crippen molar-refractivity contribution in [1.29, 1.82) is 0 Å². The molecule has 17 nitrogen and oxygen atoms in total. The fourth-order valence-electron chi connectivity index (χ4n) is 9.01. The van der Waals surface area contributed by atoms with E-state index in [0.29, 0.717) is 48.6 Å². The van der Waals surface area contributed by atoms with Crippen molar-refractivity contribution < 1.29 is 23.5 Å². The average Bonchev–Trinajstić information content (AvgIpc) is 3.89. The van der Waals surface area contributed by atoms with Crippen molar-refractivity contribution >= 4 is 56.6 Å². The van der Waals surface area contributed by atoms with Gasteiger partial charge in [0.25, 0.3) is 5.91 Å². The summed E-state index contributed by atoms with van der Waals surface area (Å²) < 4.78 is 32.1. The number of alkyl halides is 2. The third-order valence-electron chi connectivity index (χ3n) is 13.3. The van der Waals surface area contributed by atoms with Gasteiger partial charge in [-0.3, -0.25) is 4.79 Å². The third-order valence-corrected chi connectivity index (χ3v) is 13.3. The number of benzene rings is 2. The lowest BCUT2D eigenvalue weighted by molar-refractivity contribution is 0.0687. The summed E-state index contributed by atoms with van der Waals surface area (Å²) in [6.45, 7) is 9.72. The van der Waals surface area contributed by atoms with E-state index in [4.69, 9.17) is 15.9 Å². The minimum Gasteiger partial charge on any atom is -0.476 e. The van der Waals surface area contributed by atoms with Gasteiger partial charge in [-0.05, 0) is 81.6 Å². The molecular weight excluding hydrogens is 955 g/mol. The van der Waals surface area contributed by atoms with Crippen LogP contribution >= 0.6 is 0 Å². The number of nitrogens with two attached hydrogens (primary N) is 1. The maximum absolute atomic E-state index is 13.5. The maximum atomic E-state index is 13.5. The van der Waals surface area contributed by atoms with Gasteiger partial charge in [-0.15, -0.1) is 0 Å². The van der Waals surface area contributed by atoms with Gasteiger partial charge in [0.2, 0.25) is 0 Å². The Bertz CT molecular complexity index is 3680. The molecular formula is C56H58F2N14O3. The summed E-state index contributed by atoms with van der Waals surface area (Å²) >= 11 is 0. The van der Waals surface area contributed by atoms with Crippen molar-refractivity contribution in [3.63, 3.8) is 0 Å². The molecule has 0 radical (unpaired) electrons. The molecule has 10 aromatic rings. The Morgan fingerprint density at radius 2 is 1.08 bits per heavy atom. The molecule has 2 aliphatic carbocycles. The van der Waals surface area contributed by atoms with Crippen LogP contribution in [0.5, 0.6) is 0 Å². The van der Waals surface area contributed by atoms with Crippen LogP contribution in [0.4, 0.5) is 20.2 Å². The summed E-state index contributed by atoms with van der Waals surface area (Å²) in [5.74, 6) is -1.46. The number of nitrogens with one attached hydrogen (secondary N) is 1. The Hall–Kier alpha value is -8.58. The van der Waals surface area contributed by atoms with Crippen molar-refractivity contribution in [2.45, 2.75) is 90.1 Å². The monoisotopic (exact) mass is 1010 g/mol. The molecule has 0 bridgehead atoms. The molecule has 8 heterocycles. The largest absolute Gasteiger partial charge is 0.476 e. The molecule has 4 atom stereocenters. The molecule has 2 saturated carbocycles. The van der Waals surface area contributed by atoms with Crippen molar-refractivity contribution in [2.24, 2.45) is 5.73 Å². The lowest BCUT2D eigenvalue weighted by Crippen LogP contribution is -2.28. The fourth-order valence-corrected chi connectivity index (χ4v) is 9.01. The van der Waals surface area contributed by atoms with Crippen LogP contribution in [0.2, 0.25) is 0 Å². The topological polar surface area (TPSA) is 195 Å². The Balaban J connectivity index is 0.000000157. The number of anilines is 2. The van der Waals surface area contributed by atoms with Gasteiger partial charge in [0.05, 0.1) is 41.2 Å². The molecule has 0 spiro atoms. The molecule has 2 fully saturated rings. The quantitative estimate of drug-likeness (QED) is 0.0992. The van der Waals surface area contributed by atoms with Gasteiger partial charge in [-0.1, -0.05) is 60.7 Å². The van der Waals surface area contributed by atoms with E-state index in [1.54, 1.807) is 16.9 Å². The summed E-state index contributed by atoms with van der Waals surface area (Å²) in [6, 6.07) is 32.0. The van der Waals surface area contributed by atoms with Crippen LogP contribution in [0.1, 0.15) is 84.7 Å². The maximum Gasteiger partial charge on any atom is 0.356 e. The number of carbonyl (C=O) groups is 2. The smallest absolute Gasteiger partial charge is 0.356 e. The number of imidazole rings is 2. The standard InChI is InChI=1S/C28H28FN7O.C25H24N6O2.C3H6FN/c1-17(2)35-16-20(19-10-7-11-30-26(19)35)22-13-24(34(3)15-18-8-5-4-6-9-18)27-31-14-25(36(27)33-22)28(37)32-23-12-21(23)29;1-16(2)30-15-19(18-10-7-11-26-23(18)30)20-12-21(29(3)14-17-8-5-4-6-9-17)24-27-13-22(25(32)33)31(24)28-20;4-2-1-3(2)5/h4-11,13-14,16-17,21,23H,12,15H2,1-3H3,(H,32,37);4-13,15-16H,14H2,1-3H3,(H,32,33);2-3H,1,5H2/t21-,23+;;2-,3+/m0.1/s1. The number of amides is 1. The Morgan fingerprint density at radius 3 is 1.48 bits per heavy atom. The highest BCUT2D eigenvalue weighted by Gasteiger charge is 2.39. The normalized spacial score (nSPS) is 16.7. The molecule has 4 N–H and O–H groups in total. The first-order chi connectivity index (χ1) is 36.1. The second kappa shape index (κ2) is 20.7. The highest BCUT2D eigenvalue weighted by atomic mass is 19.1. The summed E-state index contributed by atoms with van der Waals surface area (Å²) in [7, 11) is 3.97. The first-order valence-corrected chi connectivity index (χ1v) is 24.9. The number of fused-ring (bicyclic) bond motifs is 4. The van der Waals surface area contributed by atoms with Gasteiger partial charge < -0.3 is 35.1 Å². The summed E-state index contributed by atoms with van der Waals surface area (Å²) in [4.78, 5) is 47.2. The number of hydrogen-bond donors (Lipinski definition) is 3. The van der Waals surface area contributed by atoms with Crippen molar-refractivity contribution in [3.8, 4) is 22.5 Å². The molecule has 0 unspecified atom stereocenters. The number of pyridine rings is 2. The molecule has 384 valence electrons. The second-order valence-corrected chi connectivity index (χ2v) is 19.7. The molecule has 0 saturated heterocycles. The van der Waals surface area contributed by atoms with Gasteiger partial charge in [0, 0.05) is 98.4 Å². The molecule has 12 rings (SSSR count). The number of rotatable bonds is 13. The molecule has 2 aromatic carbocycles. The van der Waals surface area contributed by atoms with E-state index >= 15 is 0 Å². The van der Waals surface area contributed by atoms with Crippen molar-refractivity contribution in [2.75, 3.05) is 23.9 Å².